The van der Waals surface area contributed by atoms with Crippen LogP contribution in [0.2, 0.25) is 0 Å². The number of carbonyl (C=O) groups is 1. The van der Waals surface area contributed by atoms with Crippen LogP contribution in [0.4, 0.5) is 0 Å². The molecule has 2 aromatic heterocycles. The lowest BCUT2D eigenvalue weighted by atomic mass is 9.99. The molecule has 0 saturated heterocycles. The SMILES string of the molecule is Cc1c(C(=O)c2cncc(Br)c2)ccc2oc(=O)n(C)c12. The average molecular weight is 347 g/mol. The zero-order chi connectivity index (χ0) is 15.1. The number of ketones is 1. The lowest BCUT2D eigenvalue weighted by Gasteiger charge is -2.06. The largest absolute Gasteiger partial charge is 0.419 e. The molecule has 3 aromatic rings. The monoisotopic (exact) mass is 346 g/mol. The molecule has 0 unspecified atom stereocenters. The Morgan fingerprint density at radius 3 is 2.81 bits per heavy atom. The molecule has 0 spiro atoms. The third-order valence-electron chi connectivity index (χ3n) is 3.41. The van der Waals surface area contributed by atoms with Crippen LogP contribution >= 0.6 is 15.9 Å². The number of rotatable bonds is 2. The van der Waals surface area contributed by atoms with Crippen LogP contribution in [0.15, 0.2) is 44.3 Å². The first-order valence-electron chi connectivity index (χ1n) is 6.23. The molecule has 0 aliphatic carbocycles. The zero-order valence-corrected chi connectivity index (χ0v) is 13.0. The summed E-state index contributed by atoms with van der Waals surface area (Å²) in [5.74, 6) is -0.585. The van der Waals surface area contributed by atoms with Crippen LogP contribution in [0.25, 0.3) is 11.1 Å². The van der Waals surface area contributed by atoms with Gasteiger partial charge in [0.05, 0.1) is 5.52 Å². The van der Waals surface area contributed by atoms with Gasteiger partial charge in [0.1, 0.15) is 0 Å². The van der Waals surface area contributed by atoms with E-state index in [1.54, 1.807) is 38.4 Å². The lowest BCUT2D eigenvalue weighted by molar-refractivity contribution is 0.103. The van der Waals surface area contributed by atoms with Crippen LogP contribution < -0.4 is 5.76 Å². The van der Waals surface area contributed by atoms with Gasteiger partial charge in [0.2, 0.25) is 0 Å². The second-order valence-electron chi connectivity index (χ2n) is 4.73. The summed E-state index contributed by atoms with van der Waals surface area (Å²) in [7, 11) is 1.62. The highest BCUT2D eigenvalue weighted by molar-refractivity contribution is 9.10. The van der Waals surface area contributed by atoms with E-state index < -0.39 is 5.76 Å². The summed E-state index contributed by atoms with van der Waals surface area (Å²) < 4.78 is 7.26. The summed E-state index contributed by atoms with van der Waals surface area (Å²) in [5, 5.41) is 0. The Morgan fingerprint density at radius 2 is 2.10 bits per heavy atom. The van der Waals surface area contributed by atoms with Crippen molar-refractivity contribution in [3.05, 3.63) is 62.3 Å². The van der Waals surface area contributed by atoms with Crippen molar-refractivity contribution >= 4 is 32.8 Å². The molecule has 0 aliphatic rings. The molecule has 1 aromatic carbocycles. The molecule has 0 amide bonds. The van der Waals surface area contributed by atoms with Gasteiger partial charge < -0.3 is 4.42 Å². The van der Waals surface area contributed by atoms with Crippen LogP contribution in [-0.2, 0) is 7.05 Å². The molecule has 21 heavy (non-hydrogen) atoms. The van der Waals surface area contributed by atoms with Crippen molar-refractivity contribution in [3.63, 3.8) is 0 Å². The highest BCUT2D eigenvalue weighted by Crippen LogP contribution is 2.23. The quantitative estimate of drug-likeness (QED) is 0.669. The molecule has 0 atom stereocenters. The normalized spacial score (nSPS) is 11.0. The summed E-state index contributed by atoms with van der Waals surface area (Å²) >= 11 is 3.30. The predicted molar refractivity (Wildman–Crippen MR) is 81.6 cm³/mol. The van der Waals surface area contributed by atoms with Gasteiger partial charge in [0, 0.05) is 35.0 Å². The van der Waals surface area contributed by atoms with Crippen molar-refractivity contribution in [1.29, 1.82) is 0 Å². The Kier molecular flexibility index (Phi) is 3.25. The molecule has 0 N–H and O–H groups in total. The van der Waals surface area contributed by atoms with E-state index in [1.807, 2.05) is 0 Å². The third-order valence-corrected chi connectivity index (χ3v) is 3.85. The zero-order valence-electron chi connectivity index (χ0n) is 11.4. The summed E-state index contributed by atoms with van der Waals surface area (Å²) in [6.45, 7) is 1.80. The Morgan fingerprint density at radius 1 is 1.33 bits per heavy atom. The van der Waals surface area contributed by atoms with Gasteiger partial charge in [-0.2, -0.15) is 0 Å². The minimum absolute atomic E-state index is 0.142. The van der Waals surface area contributed by atoms with E-state index in [0.29, 0.717) is 27.8 Å². The first kappa shape index (κ1) is 13.8. The van der Waals surface area contributed by atoms with Gasteiger partial charge in [-0.15, -0.1) is 0 Å². The molecule has 3 rings (SSSR count). The van der Waals surface area contributed by atoms with E-state index in [9.17, 15) is 9.59 Å². The Labute approximate surface area is 128 Å². The van der Waals surface area contributed by atoms with Crippen LogP contribution in [0, 0.1) is 6.92 Å². The molecule has 2 heterocycles. The van der Waals surface area contributed by atoms with Crippen LogP contribution in [0.3, 0.4) is 0 Å². The fraction of sp³-hybridized carbons (Fsp3) is 0.133. The van der Waals surface area contributed by atoms with Crippen molar-refractivity contribution in [2.24, 2.45) is 7.05 Å². The molecule has 106 valence electrons. The van der Waals surface area contributed by atoms with Gasteiger partial charge in [0.15, 0.2) is 11.4 Å². The molecule has 0 aliphatic heterocycles. The smallest absolute Gasteiger partial charge is 0.408 e. The van der Waals surface area contributed by atoms with E-state index in [-0.39, 0.29) is 5.78 Å². The van der Waals surface area contributed by atoms with E-state index in [1.165, 1.54) is 10.8 Å². The molecule has 0 fully saturated rings. The van der Waals surface area contributed by atoms with Gasteiger partial charge in [-0.05, 0) is 46.6 Å². The number of aromatic nitrogens is 2. The molecule has 0 bridgehead atoms. The second kappa shape index (κ2) is 4.96. The summed E-state index contributed by atoms with van der Waals surface area (Å²) in [6.07, 6.45) is 3.14. The summed E-state index contributed by atoms with van der Waals surface area (Å²) in [5.41, 5.74) is 2.84. The van der Waals surface area contributed by atoms with Crippen molar-refractivity contribution in [3.8, 4) is 0 Å². The number of benzene rings is 1. The molecular formula is C15H11BrN2O3. The molecule has 0 radical (unpaired) electrons. The minimum Gasteiger partial charge on any atom is -0.408 e. The Bertz CT molecular complexity index is 924. The summed E-state index contributed by atoms with van der Waals surface area (Å²) in [4.78, 5) is 28.2. The van der Waals surface area contributed by atoms with Crippen LogP contribution in [0.1, 0.15) is 21.5 Å². The minimum atomic E-state index is -0.443. The van der Waals surface area contributed by atoms with E-state index in [2.05, 4.69) is 20.9 Å². The van der Waals surface area contributed by atoms with Gasteiger partial charge in [-0.3, -0.25) is 14.3 Å². The average Bonchev–Trinajstić information content (AvgIpc) is 2.74. The predicted octanol–water partition coefficient (Wildman–Crippen LogP) is 2.83. The Balaban J connectivity index is 2.21. The number of fused-ring (bicyclic) bond motifs is 1. The van der Waals surface area contributed by atoms with Crippen molar-refractivity contribution < 1.29 is 9.21 Å². The standard InChI is InChI=1S/C15H11BrN2O3/c1-8-11(14(19)9-5-10(16)7-17-6-9)3-4-12-13(8)18(2)15(20)21-12/h3-7H,1-2H3. The number of halogens is 1. The fourth-order valence-electron chi connectivity index (χ4n) is 2.37. The number of pyridine rings is 1. The van der Waals surface area contributed by atoms with E-state index in [4.69, 9.17) is 4.42 Å². The van der Waals surface area contributed by atoms with E-state index in [0.717, 1.165) is 4.47 Å². The number of nitrogens with zero attached hydrogens (tertiary/aromatic N) is 2. The number of hydrogen-bond acceptors (Lipinski definition) is 4. The van der Waals surface area contributed by atoms with Gasteiger partial charge in [0.25, 0.3) is 0 Å². The first-order valence-corrected chi connectivity index (χ1v) is 7.02. The highest BCUT2D eigenvalue weighted by Gasteiger charge is 2.17. The number of aryl methyl sites for hydroxylation is 2. The molecular weight excluding hydrogens is 336 g/mol. The molecule has 0 saturated carbocycles. The van der Waals surface area contributed by atoms with Gasteiger partial charge in [-0.1, -0.05) is 0 Å². The third kappa shape index (κ3) is 2.21. The number of hydrogen-bond donors (Lipinski definition) is 0. The maximum Gasteiger partial charge on any atom is 0.419 e. The number of carbonyl (C=O) groups excluding carboxylic acids is 1. The molecule has 6 heteroatoms. The lowest BCUT2D eigenvalue weighted by Crippen LogP contribution is -2.10. The first-order chi connectivity index (χ1) is 9.99. The Hall–Kier alpha value is -2.21. The van der Waals surface area contributed by atoms with Crippen LogP contribution in [0.5, 0.6) is 0 Å². The highest BCUT2D eigenvalue weighted by atomic mass is 79.9. The summed E-state index contributed by atoms with van der Waals surface area (Å²) in [6, 6.07) is 5.03. The van der Waals surface area contributed by atoms with Crippen LogP contribution in [-0.4, -0.2) is 15.3 Å². The van der Waals surface area contributed by atoms with Crippen molar-refractivity contribution in [2.45, 2.75) is 6.92 Å². The maximum atomic E-state index is 12.6. The fourth-order valence-corrected chi connectivity index (χ4v) is 2.73. The van der Waals surface area contributed by atoms with Gasteiger partial charge in [-0.25, -0.2) is 4.79 Å². The molecule has 5 nitrogen and oxygen atoms in total. The van der Waals surface area contributed by atoms with Crippen molar-refractivity contribution in [1.82, 2.24) is 9.55 Å². The van der Waals surface area contributed by atoms with Gasteiger partial charge >= 0.3 is 5.76 Å². The maximum absolute atomic E-state index is 12.6. The second-order valence-corrected chi connectivity index (χ2v) is 5.65. The van der Waals surface area contributed by atoms with E-state index >= 15 is 0 Å². The topological polar surface area (TPSA) is 65.1 Å². The van der Waals surface area contributed by atoms with Crippen molar-refractivity contribution in [2.75, 3.05) is 0 Å². The number of oxazole rings is 1.